The van der Waals surface area contributed by atoms with Gasteiger partial charge < -0.3 is 10.4 Å². The van der Waals surface area contributed by atoms with Crippen molar-refractivity contribution in [2.45, 2.75) is 25.7 Å². The zero-order chi connectivity index (χ0) is 10.4. The van der Waals surface area contributed by atoms with E-state index in [9.17, 15) is 4.79 Å². The van der Waals surface area contributed by atoms with Crippen LogP contribution >= 0.6 is 11.6 Å². The molecule has 1 fully saturated rings. The lowest BCUT2D eigenvalue weighted by atomic mass is 9.79. The third kappa shape index (κ3) is 3.46. The Morgan fingerprint density at radius 1 is 1.36 bits per heavy atom. The van der Waals surface area contributed by atoms with Crippen LogP contribution in [-0.2, 0) is 4.79 Å². The average Bonchev–Trinajstić information content (AvgIpc) is 2.26. The molecule has 1 amide bonds. The Bertz CT molecular complexity index is 187. The maximum absolute atomic E-state index is 10.9. The molecule has 2 atom stereocenters. The van der Waals surface area contributed by atoms with E-state index in [1.807, 2.05) is 0 Å². The van der Waals surface area contributed by atoms with Gasteiger partial charge in [0.2, 0.25) is 5.91 Å². The quantitative estimate of drug-likeness (QED) is 0.697. The molecule has 4 heteroatoms. The van der Waals surface area contributed by atoms with Gasteiger partial charge in [-0.05, 0) is 24.7 Å². The minimum atomic E-state index is -0.117. The van der Waals surface area contributed by atoms with Crippen molar-refractivity contribution in [2.75, 3.05) is 19.0 Å². The predicted octanol–water partition coefficient (Wildman–Crippen LogP) is 1.14. The van der Waals surface area contributed by atoms with Gasteiger partial charge in [-0.25, -0.2) is 0 Å². The maximum Gasteiger partial charge on any atom is 0.234 e. The molecule has 0 aliphatic heterocycles. The summed E-state index contributed by atoms with van der Waals surface area (Å²) < 4.78 is 0. The second-order valence-electron chi connectivity index (χ2n) is 3.92. The van der Waals surface area contributed by atoms with Crippen LogP contribution in [0.25, 0.3) is 0 Å². The second kappa shape index (κ2) is 6.25. The highest BCUT2D eigenvalue weighted by atomic mass is 35.5. The van der Waals surface area contributed by atoms with E-state index in [4.69, 9.17) is 16.7 Å². The van der Waals surface area contributed by atoms with Gasteiger partial charge in [0.1, 0.15) is 5.88 Å². The van der Waals surface area contributed by atoms with Crippen LogP contribution in [0.5, 0.6) is 0 Å². The Balaban J connectivity index is 2.29. The highest BCUT2D eigenvalue weighted by molar-refractivity contribution is 6.27. The van der Waals surface area contributed by atoms with Crippen LogP contribution in [0.2, 0.25) is 0 Å². The summed E-state index contributed by atoms with van der Waals surface area (Å²) in [4.78, 5) is 10.9. The van der Waals surface area contributed by atoms with E-state index in [2.05, 4.69) is 5.32 Å². The average molecular weight is 220 g/mol. The SMILES string of the molecule is O=C(CCl)NCC1CCCCC1CO. The van der Waals surface area contributed by atoms with E-state index >= 15 is 0 Å². The fraction of sp³-hybridized carbons (Fsp3) is 0.900. The normalized spacial score (nSPS) is 27.3. The van der Waals surface area contributed by atoms with Crippen molar-refractivity contribution < 1.29 is 9.90 Å². The van der Waals surface area contributed by atoms with Crippen molar-refractivity contribution in [3.63, 3.8) is 0 Å². The van der Waals surface area contributed by atoms with Crippen LogP contribution in [0, 0.1) is 11.8 Å². The molecule has 0 aromatic rings. The topological polar surface area (TPSA) is 49.3 Å². The number of halogens is 1. The molecule has 1 saturated carbocycles. The Morgan fingerprint density at radius 2 is 2.00 bits per heavy atom. The van der Waals surface area contributed by atoms with Gasteiger partial charge in [-0.1, -0.05) is 12.8 Å². The van der Waals surface area contributed by atoms with Crippen LogP contribution in [0.4, 0.5) is 0 Å². The summed E-state index contributed by atoms with van der Waals surface area (Å²) in [6.07, 6.45) is 4.59. The summed E-state index contributed by atoms with van der Waals surface area (Å²) in [6.45, 7) is 0.901. The molecule has 0 heterocycles. The summed E-state index contributed by atoms with van der Waals surface area (Å²) in [6, 6.07) is 0. The molecule has 3 nitrogen and oxygen atoms in total. The van der Waals surface area contributed by atoms with Crippen LogP contribution in [0.1, 0.15) is 25.7 Å². The third-order valence-electron chi connectivity index (χ3n) is 2.98. The lowest BCUT2D eigenvalue weighted by Gasteiger charge is -2.30. The van der Waals surface area contributed by atoms with Crippen molar-refractivity contribution >= 4 is 17.5 Å². The molecule has 2 N–H and O–H groups in total. The molecular formula is C10H18ClNO2. The molecule has 0 saturated heterocycles. The molecule has 0 radical (unpaired) electrons. The number of aliphatic hydroxyl groups is 1. The second-order valence-corrected chi connectivity index (χ2v) is 4.19. The van der Waals surface area contributed by atoms with Gasteiger partial charge in [-0.15, -0.1) is 11.6 Å². The fourth-order valence-corrected chi connectivity index (χ4v) is 2.18. The molecular weight excluding hydrogens is 202 g/mol. The van der Waals surface area contributed by atoms with E-state index in [0.29, 0.717) is 18.4 Å². The molecule has 0 spiro atoms. The Labute approximate surface area is 89.8 Å². The van der Waals surface area contributed by atoms with E-state index in [1.165, 1.54) is 12.8 Å². The molecule has 82 valence electrons. The first-order valence-electron chi connectivity index (χ1n) is 5.21. The summed E-state index contributed by atoms with van der Waals surface area (Å²) in [5, 5.41) is 11.9. The van der Waals surface area contributed by atoms with E-state index in [-0.39, 0.29) is 18.4 Å². The number of alkyl halides is 1. The van der Waals surface area contributed by atoms with Gasteiger partial charge in [0.05, 0.1) is 0 Å². The smallest absolute Gasteiger partial charge is 0.234 e. The first-order valence-corrected chi connectivity index (χ1v) is 5.75. The molecule has 1 aliphatic rings. The van der Waals surface area contributed by atoms with Crippen molar-refractivity contribution in [1.29, 1.82) is 0 Å². The van der Waals surface area contributed by atoms with Crippen LogP contribution in [-0.4, -0.2) is 30.0 Å². The molecule has 14 heavy (non-hydrogen) atoms. The zero-order valence-electron chi connectivity index (χ0n) is 8.34. The Morgan fingerprint density at radius 3 is 2.57 bits per heavy atom. The standard InChI is InChI=1S/C10H18ClNO2/c11-5-10(14)12-6-8-3-1-2-4-9(8)7-13/h8-9,13H,1-7H2,(H,12,14). The molecule has 0 aromatic carbocycles. The number of carbonyl (C=O) groups excluding carboxylic acids is 1. The van der Waals surface area contributed by atoms with Crippen molar-refractivity contribution in [1.82, 2.24) is 5.32 Å². The zero-order valence-corrected chi connectivity index (χ0v) is 9.09. The number of aliphatic hydroxyl groups excluding tert-OH is 1. The largest absolute Gasteiger partial charge is 0.396 e. The molecule has 2 unspecified atom stereocenters. The van der Waals surface area contributed by atoms with Crippen molar-refractivity contribution in [3.8, 4) is 0 Å². The third-order valence-corrected chi connectivity index (χ3v) is 3.23. The number of hydrogen-bond donors (Lipinski definition) is 2. The first-order chi connectivity index (χ1) is 6.77. The maximum atomic E-state index is 10.9. The number of hydrogen-bond acceptors (Lipinski definition) is 2. The summed E-state index contributed by atoms with van der Waals surface area (Å²) in [5.41, 5.74) is 0. The van der Waals surface area contributed by atoms with Gasteiger partial charge in [0, 0.05) is 13.2 Å². The highest BCUT2D eigenvalue weighted by Crippen LogP contribution is 2.28. The van der Waals surface area contributed by atoms with Gasteiger partial charge in [0.15, 0.2) is 0 Å². The minimum Gasteiger partial charge on any atom is -0.396 e. The molecule has 0 aromatic heterocycles. The summed E-state index contributed by atoms with van der Waals surface area (Å²) in [7, 11) is 0. The van der Waals surface area contributed by atoms with Crippen molar-refractivity contribution in [3.05, 3.63) is 0 Å². The summed E-state index contributed by atoms with van der Waals surface area (Å²) >= 11 is 5.38. The van der Waals surface area contributed by atoms with E-state index < -0.39 is 0 Å². The van der Waals surface area contributed by atoms with Crippen LogP contribution in [0.15, 0.2) is 0 Å². The lowest BCUT2D eigenvalue weighted by Crippen LogP contribution is -2.35. The van der Waals surface area contributed by atoms with E-state index in [1.54, 1.807) is 0 Å². The number of nitrogens with one attached hydrogen (secondary N) is 1. The van der Waals surface area contributed by atoms with Gasteiger partial charge >= 0.3 is 0 Å². The van der Waals surface area contributed by atoms with Gasteiger partial charge in [-0.3, -0.25) is 4.79 Å². The molecule has 0 bridgehead atoms. The number of rotatable bonds is 4. The number of carbonyl (C=O) groups is 1. The van der Waals surface area contributed by atoms with E-state index in [0.717, 1.165) is 12.8 Å². The van der Waals surface area contributed by atoms with Gasteiger partial charge in [0.25, 0.3) is 0 Å². The number of amides is 1. The Kier molecular flexibility index (Phi) is 5.26. The van der Waals surface area contributed by atoms with Crippen LogP contribution in [0.3, 0.4) is 0 Å². The van der Waals surface area contributed by atoms with Gasteiger partial charge in [-0.2, -0.15) is 0 Å². The minimum absolute atomic E-state index is 0.0243. The monoisotopic (exact) mass is 219 g/mol. The highest BCUT2D eigenvalue weighted by Gasteiger charge is 2.24. The first kappa shape index (κ1) is 11.8. The lowest BCUT2D eigenvalue weighted by molar-refractivity contribution is -0.119. The predicted molar refractivity (Wildman–Crippen MR) is 56.3 cm³/mol. The molecule has 1 rings (SSSR count). The Hall–Kier alpha value is -0.280. The van der Waals surface area contributed by atoms with Crippen molar-refractivity contribution in [2.24, 2.45) is 11.8 Å². The molecule has 1 aliphatic carbocycles. The fourth-order valence-electron chi connectivity index (χ4n) is 2.09. The van der Waals surface area contributed by atoms with Crippen LogP contribution < -0.4 is 5.32 Å². The summed E-state index contributed by atoms with van der Waals surface area (Å²) in [5.74, 6) is 0.700.